The van der Waals surface area contributed by atoms with Crippen molar-refractivity contribution < 1.29 is 4.57 Å². The van der Waals surface area contributed by atoms with Crippen molar-refractivity contribution in [3.8, 4) is 0 Å². The molecule has 0 amide bonds. The molecule has 0 saturated heterocycles. The van der Waals surface area contributed by atoms with Crippen LogP contribution in [0.4, 0.5) is 0 Å². The van der Waals surface area contributed by atoms with Crippen molar-refractivity contribution in [2.75, 3.05) is 6.26 Å². The van der Waals surface area contributed by atoms with Crippen molar-refractivity contribution >= 4 is 11.8 Å². The number of thioether (sulfide) groups is 1. The Labute approximate surface area is 77.8 Å². The lowest BCUT2D eigenvalue weighted by Gasteiger charge is -2.02. The van der Waals surface area contributed by atoms with Gasteiger partial charge in [0.1, 0.15) is 7.05 Å². The maximum atomic E-state index is 2.27. The van der Waals surface area contributed by atoms with E-state index in [1.54, 1.807) is 11.3 Å². The highest BCUT2D eigenvalue weighted by atomic mass is 32.2. The zero-order valence-electron chi connectivity index (χ0n) is 7.63. The molecule has 0 fully saturated rings. The van der Waals surface area contributed by atoms with Gasteiger partial charge in [-0.3, -0.25) is 0 Å². The molecule has 0 bridgehead atoms. The number of aryl methyl sites for hydroxylation is 1. The predicted molar refractivity (Wildman–Crippen MR) is 51.4 cm³/mol. The lowest BCUT2D eigenvalue weighted by atomic mass is 10.2. The molecule has 0 unspecified atom stereocenters. The minimum Gasteiger partial charge on any atom is -0.205 e. The summed E-state index contributed by atoms with van der Waals surface area (Å²) in [5.41, 5.74) is 3.13. The number of aromatic nitrogens is 1. The largest absolute Gasteiger partial charge is 0.205 e. The number of pyridine rings is 1. The zero-order valence-corrected chi connectivity index (χ0v) is 8.45. The van der Waals surface area contributed by atoms with Crippen LogP contribution in [-0.2, 0) is 19.9 Å². The number of rotatable bonds is 1. The Kier molecular flexibility index (Phi) is 2.09. The summed E-state index contributed by atoms with van der Waals surface area (Å²) in [7, 11) is 2.15. The Morgan fingerprint density at radius 3 is 3.00 bits per heavy atom. The molecule has 1 aromatic rings. The van der Waals surface area contributed by atoms with Crippen LogP contribution in [0.1, 0.15) is 17.7 Å². The van der Waals surface area contributed by atoms with Crippen LogP contribution in [0.2, 0.25) is 0 Å². The molecule has 0 spiro atoms. The molecule has 12 heavy (non-hydrogen) atoms. The van der Waals surface area contributed by atoms with E-state index in [1.807, 2.05) is 11.8 Å². The van der Waals surface area contributed by atoms with E-state index in [4.69, 9.17) is 0 Å². The highest BCUT2D eigenvalue weighted by Gasteiger charge is 2.22. The number of fused-ring (bicyclic) bond motifs is 1. The Bertz CT molecular complexity index is 307. The van der Waals surface area contributed by atoms with Crippen LogP contribution in [0.25, 0.3) is 0 Å². The Morgan fingerprint density at radius 1 is 1.42 bits per heavy atom. The fourth-order valence-corrected chi connectivity index (χ4v) is 2.61. The van der Waals surface area contributed by atoms with Crippen LogP contribution in [0.5, 0.6) is 0 Å². The summed E-state index contributed by atoms with van der Waals surface area (Å²) in [6.07, 6.45) is 8.21. The van der Waals surface area contributed by atoms with Gasteiger partial charge in [0, 0.05) is 22.9 Å². The first-order valence-corrected chi connectivity index (χ1v) is 5.60. The summed E-state index contributed by atoms with van der Waals surface area (Å²) in [5, 5.41) is 0. The van der Waals surface area contributed by atoms with E-state index >= 15 is 0 Å². The van der Waals surface area contributed by atoms with Crippen LogP contribution in [0.3, 0.4) is 0 Å². The molecule has 2 rings (SSSR count). The average Bonchev–Trinajstić information content (AvgIpc) is 2.54. The Hall–Kier alpha value is -0.500. The quantitative estimate of drug-likeness (QED) is 0.470. The minimum atomic E-state index is 1.26. The normalized spacial score (nSPS) is 14.8. The summed E-state index contributed by atoms with van der Waals surface area (Å²) < 4.78 is 2.27. The number of nitrogens with zero attached hydrogens (tertiary/aromatic N) is 1. The molecular weight excluding hydrogens is 166 g/mol. The third-order valence-electron chi connectivity index (χ3n) is 2.58. The molecular formula is C10H14NS+. The third kappa shape index (κ3) is 1.14. The van der Waals surface area contributed by atoms with E-state index in [0.717, 1.165) is 0 Å². The standard InChI is InChI=1S/C10H14NS/c1-11-7-6-10(12-2)8-4-3-5-9(8)11/h6-7H,3-5H2,1-2H3/q+1. The van der Waals surface area contributed by atoms with E-state index in [-0.39, 0.29) is 0 Å². The van der Waals surface area contributed by atoms with E-state index in [2.05, 4.69) is 30.1 Å². The Morgan fingerprint density at radius 2 is 2.25 bits per heavy atom. The number of hydrogen-bond donors (Lipinski definition) is 0. The monoisotopic (exact) mass is 180 g/mol. The molecule has 0 aromatic carbocycles. The van der Waals surface area contributed by atoms with Gasteiger partial charge in [-0.15, -0.1) is 11.8 Å². The van der Waals surface area contributed by atoms with Gasteiger partial charge in [0.2, 0.25) is 0 Å². The van der Waals surface area contributed by atoms with Crippen molar-refractivity contribution in [3.63, 3.8) is 0 Å². The first-order chi connectivity index (χ1) is 5.83. The fourth-order valence-electron chi connectivity index (χ4n) is 1.94. The second-order valence-electron chi connectivity index (χ2n) is 3.27. The van der Waals surface area contributed by atoms with Crippen molar-refractivity contribution in [1.29, 1.82) is 0 Å². The fraction of sp³-hybridized carbons (Fsp3) is 0.500. The second-order valence-corrected chi connectivity index (χ2v) is 4.12. The highest BCUT2D eigenvalue weighted by Crippen LogP contribution is 2.27. The van der Waals surface area contributed by atoms with E-state index < -0.39 is 0 Å². The topological polar surface area (TPSA) is 3.88 Å². The third-order valence-corrected chi connectivity index (χ3v) is 3.40. The van der Waals surface area contributed by atoms with Gasteiger partial charge < -0.3 is 0 Å². The van der Waals surface area contributed by atoms with Crippen molar-refractivity contribution in [2.24, 2.45) is 7.05 Å². The molecule has 0 saturated carbocycles. The molecule has 1 aromatic heterocycles. The van der Waals surface area contributed by atoms with Crippen LogP contribution in [0, 0.1) is 0 Å². The highest BCUT2D eigenvalue weighted by molar-refractivity contribution is 7.98. The van der Waals surface area contributed by atoms with E-state index in [9.17, 15) is 0 Å². The van der Waals surface area contributed by atoms with Gasteiger partial charge in [-0.2, -0.15) is 0 Å². The molecule has 1 heterocycles. The van der Waals surface area contributed by atoms with Crippen LogP contribution >= 0.6 is 11.8 Å². The van der Waals surface area contributed by atoms with Crippen molar-refractivity contribution in [3.05, 3.63) is 23.5 Å². The predicted octanol–water partition coefficient (Wildman–Crippen LogP) is 1.72. The smallest absolute Gasteiger partial charge is 0.185 e. The summed E-state index contributed by atoms with van der Waals surface area (Å²) in [5.74, 6) is 0. The van der Waals surface area contributed by atoms with Crippen LogP contribution < -0.4 is 4.57 Å². The van der Waals surface area contributed by atoms with Crippen LogP contribution in [0.15, 0.2) is 17.2 Å². The van der Waals surface area contributed by atoms with Crippen LogP contribution in [-0.4, -0.2) is 6.26 Å². The van der Waals surface area contributed by atoms with Gasteiger partial charge in [-0.25, -0.2) is 4.57 Å². The molecule has 64 valence electrons. The lowest BCUT2D eigenvalue weighted by Crippen LogP contribution is -2.33. The Balaban J connectivity index is 2.57. The molecule has 2 heteroatoms. The van der Waals surface area contributed by atoms with Gasteiger partial charge in [0.05, 0.1) is 0 Å². The SMILES string of the molecule is CSc1cc[n+](C)c2c1CCC2. The molecule has 0 radical (unpaired) electrons. The van der Waals surface area contributed by atoms with Gasteiger partial charge in [-0.1, -0.05) is 0 Å². The molecule has 1 aliphatic carbocycles. The molecule has 1 nitrogen and oxygen atoms in total. The molecule has 0 aliphatic heterocycles. The van der Waals surface area contributed by atoms with Gasteiger partial charge in [-0.05, 0) is 19.1 Å². The lowest BCUT2D eigenvalue weighted by molar-refractivity contribution is -0.679. The first kappa shape index (κ1) is 8.11. The summed E-state index contributed by atoms with van der Waals surface area (Å²) in [4.78, 5) is 1.47. The number of hydrogen-bond acceptors (Lipinski definition) is 1. The van der Waals surface area contributed by atoms with E-state index in [1.165, 1.54) is 24.2 Å². The van der Waals surface area contributed by atoms with Crippen molar-refractivity contribution in [1.82, 2.24) is 0 Å². The molecule has 0 N–H and O–H groups in total. The maximum absolute atomic E-state index is 2.27. The van der Waals surface area contributed by atoms with E-state index in [0.29, 0.717) is 0 Å². The summed E-state index contributed by atoms with van der Waals surface area (Å²) in [6, 6.07) is 2.23. The maximum Gasteiger partial charge on any atom is 0.185 e. The first-order valence-electron chi connectivity index (χ1n) is 4.37. The van der Waals surface area contributed by atoms with Gasteiger partial charge >= 0.3 is 0 Å². The average molecular weight is 180 g/mol. The zero-order chi connectivity index (χ0) is 8.55. The molecule has 1 aliphatic rings. The second kappa shape index (κ2) is 3.09. The summed E-state index contributed by atoms with van der Waals surface area (Å²) in [6.45, 7) is 0. The summed E-state index contributed by atoms with van der Waals surface area (Å²) >= 11 is 1.87. The van der Waals surface area contributed by atoms with Crippen molar-refractivity contribution in [2.45, 2.75) is 24.2 Å². The van der Waals surface area contributed by atoms with Gasteiger partial charge in [0.15, 0.2) is 11.9 Å². The molecule has 0 atom stereocenters. The van der Waals surface area contributed by atoms with Gasteiger partial charge in [0.25, 0.3) is 0 Å². The minimum absolute atomic E-state index is 1.26.